The fourth-order valence-corrected chi connectivity index (χ4v) is 2.04. The van der Waals surface area contributed by atoms with Crippen molar-refractivity contribution in [3.63, 3.8) is 0 Å². The van der Waals surface area contributed by atoms with Gasteiger partial charge in [0.1, 0.15) is 11.4 Å². The lowest BCUT2D eigenvalue weighted by atomic mass is 10.2. The minimum absolute atomic E-state index is 0.0161. The van der Waals surface area contributed by atoms with Gasteiger partial charge in [0.15, 0.2) is 5.69 Å². The highest BCUT2D eigenvalue weighted by atomic mass is 32.2. The van der Waals surface area contributed by atoms with E-state index in [1.807, 2.05) is 20.8 Å². The van der Waals surface area contributed by atoms with Gasteiger partial charge < -0.3 is 4.74 Å². The lowest BCUT2D eigenvalue weighted by Gasteiger charge is -2.17. The SMILES string of the molecule is CCOC(=O)c1cnc(CSC(C)(C)C)nc1C(F)(F)F. The minimum atomic E-state index is -4.73. The monoisotopic (exact) mass is 322 g/mol. The van der Waals surface area contributed by atoms with Crippen molar-refractivity contribution in [1.29, 1.82) is 0 Å². The number of carbonyl (C=O) groups is 1. The average Bonchev–Trinajstić information content (AvgIpc) is 2.34. The fraction of sp³-hybridized carbons (Fsp3) is 0.615. The predicted octanol–water partition coefficient (Wildman–Crippen LogP) is 3.70. The molecule has 0 radical (unpaired) electrons. The van der Waals surface area contributed by atoms with Crippen molar-refractivity contribution in [3.8, 4) is 0 Å². The minimum Gasteiger partial charge on any atom is -0.462 e. The molecule has 21 heavy (non-hydrogen) atoms. The molecule has 118 valence electrons. The molecule has 1 aromatic rings. The first kappa shape index (κ1) is 17.7. The second-order valence-corrected chi connectivity index (χ2v) is 6.97. The molecule has 0 amide bonds. The molecule has 0 fully saturated rings. The Morgan fingerprint density at radius 3 is 2.43 bits per heavy atom. The van der Waals surface area contributed by atoms with Crippen LogP contribution in [0, 0.1) is 0 Å². The summed E-state index contributed by atoms with van der Waals surface area (Å²) in [7, 11) is 0. The maximum atomic E-state index is 13.0. The van der Waals surface area contributed by atoms with Crippen molar-refractivity contribution in [2.45, 2.75) is 44.4 Å². The number of thioether (sulfide) groups is 1. The highest BCUT2D eigenvalue weighted by Crippen LogP contribution is 2.32. The van der Waals surface area contributed by atoms with Crippen LogP contribution in [0.2, 0.25) is 0 Å². The average molecular weight is 322 g/mol. The molecule has 0 saturated heterocycles. The van der Waals surface area contributed by atoms with Gasteiger partial charge in [-0.15, -0.1) is 11.8 Å². The Morgan fingerprint density at radius 1 is 1.33 bits per heavy atom. The number of aromatic nitrogens is 2. The van der Waals surface area contributed by atoms with E-state index in [0.717, 1.165) is 6.20 Å². The molecule has 0 aliphatic heterocycles. The summed E-state index contributed by atoms with van der Waals surface area (Å²) in [5.74, 6) is -0.800. The van der Waals surface area contributed by atoms with Crippen molar-refractivity contribution in [2.24, 2.45) is 0 Å². The first-order valence-electron chi connectivity index (χ1n) is 6.29. The maximum Gasteiger partial charge on any atom is 0.434 e. The number of ether oxygens (including phenoxy) is 1. The molecule has 0 N–H and O–H groups in total. The molecule has 1 rings (SSSR count). The van der Waals surface area contributed by atoms with Gasteiger partial charge in [-0.25, -0.2) is 14.8 Å². The molecule has 0 atom stereocenters. The van der Waals surface area contributed by atoms with Gasteiger partial charge in [-0.3, -0.25) is 0 Å². The molecule has 1 heterocycles. The van der Waals surface area contributed by atoms with Crippen LogP contribution in [0.3, 0.4) is 0 Å². The molecule has 1 aromatic heterocycles. The van der Waals surface area contributed by atoms with Gasteiger partial charge in [0.25, 0.3) is 0 Å². The normalized spacial score (nSPS) is 12.3. The molecule has 4 nitrogen and oxygen atoms in total. The van der Waals surface area contributed by atoms with Gasteiger partial charge >= 0.3 is 12.1 Å². The summed E-state index contributed by atoms with van der Waals surface area (Å²) in [6.07, 6.45) is -3.85. The van der Waals surface area contributed by atoms with Crippen molar-refractivity contribution < 1.29 is 22.7 Å². The molecular weight excluding hydrogens is 305 g/mol. The second kappa shape index (κ2) is 6.64. The Morgan fingerprint density at radius 2 is 1.95 bits per heavy atom. The third kappa shape index (κ3) is 5.53. The van der Waals surface area contributed by atoms with Crippen LogP contribution in [-0.2, 0) is 16.7 Å². The first-order chi connectivity index (χ1) is 9.54. The van der Waals surface area contributed by atoms with Crippen molar-refractivity contribution in [2.75, 3.05) is 6.61 Å². The van der Waals surface area contributed by atoms with Crippen LogP contribution in [0.5, 0.6) is 0 Å². The summed E-state index contributed by atoms with van der Waals surface area (Å²) in [6, 6.07) is 0. The van der Waals surface area contributed by atoms with Gasteiger partial charge in [-0.2, -0.15) is 13.2 Å². The van der Waals surface area contributed by atoms with E-state index in [4.69, 9.17) is 0 Å². The van der Waals surface area contributed by atoms with Gasteiger partial charge in [0.2, 0.25) is 0 Å². The topological polar surface area (TPSA) is 52.1 Å². The molecule has 0 unspecified atom stereocenters. The van der Waals surface area contributed by atoms with Gasteiger partial charge in [0.05, 0.1) is 12.4 Å². The van der Waals surface area contributed by atoms with E-state index in [2.05, 4.69) is 14.7 Å². The quantitative estimate of drug-likeness (QED) is 0.791. The van der Waals surface area contributed by atoms with Crippen molar-refractivity contribution in [3.05, 3.63) is 23.3 Å². The largest absolute Gasteiger partial charge is 0.462 e. The number of carbonyl (C=O) groups excluding carboxylic acids is 1. The molecule has 0 bridgehead atoms. The molecule has 0 aliphatic carbocycles. The molecular formula is C13H17F3N2O2S. The zero-order chi connectivity index (χ0) is 16.3. The molecule has 0 aromatic carbocycles. The van der Waals surface area contributed by atoms with E-state index in [-0.39, 0.29) is 22.9 Å². The maximum absolute atomic E-state index is 13.0. The number of alkyl halides is 3. The summed E-state index contributed by atoms with van der Waals surface area (Å²) in [4.78, 5) is 18.9. The first-order valence-corrected chi connectivity index (χ1v) is 7.27. The Bertz CT molecular complexity index is 513. The summed E-state index contributed by atoms with van der Waals surface area (Å²) in [6.45, 7) is 7.32. The Balaban J connectivity index is 3.11. The van der Waals surface area contributed by atoms with Crippen molar-refractivity contribution in [1.82, 2.24) is 9.97 Å². The third-order valence-corrected chi connectivity index (χ3v) is 3.51. The second-order valence-electron chi connectivity index (χ2n) is 5.17. The standard InChI is InChI=1S/C13H17F3N2O2S/c1-5-20-11(19)8-6-17-9(7-21-12(2,3)4)18-10(8)13(14,15)16/h6H,5,7H2,1-4H3. The fourth-order valence-electron chi connectivity index (χ4n) is 1.34. The summed E-state index contributed by atoms with van der Waals surface area (Å²) < 4.78 is 43.5. The van der Waals surface area contributed by atoms with Gasteiger partial charge in [0, 0.05) is 10.9 Å². The summed E-state index contributed by atoms with van der Waals surface area (Å²) in [5, 5.41) is 0. The smallest absolute Gasteiger partial charge is 0.434 e. The lowest BCUT2D eigenvalue weighted by Crippen LogP contribution is -2.19. The van der Waals surface area contributed by atoms with Gasteiger partial charge in [-0.05, 0) is 6.92 Å². The molecule has 8 heteroatoms. The number of esters is 1. The van der Waals surface area contributed by atoms with Crippen LogP contribution in [0.1, 0.15) is 49.6 Å². The number of hydrogen-bond acceptors (Lipinski definition) is 5. The Hall–Kier alpha value is -1.31. The lowest BCUT2D eigenvalue weighted by molar-refractivity contribution is -0.142. The van der Waals surface area contributed by atoms with E-state index in [9.17, 15) is 18.0 Å². The van der Waals surface area contributed by atoms with Crippen LogP contribution in [0.4, 0.5) is 13.2 Å². The van der Waals surface area contributed by atoms with Gasteiger partial charge in [-0.1, -0.05) is 20.8 Å². The zero-order valence-corrected chi connectivity index (χ0v) is 13.1. The Kier molecular flexibility index (Phi) is 5.61. The number of halogens is 3. The van der Waals surface area contributed by atoms with E-state index in [1.165, 1.54) is 18.7 Å². The van der Waals surface area contributed by atoms with Crippen LogP contribution in [-0.4, -0.2) is 27.3 Å². The number of rotatable bonds is 4. The summed E-state index contributed by atoms with van der Waals surface area (Å²) >= 11 is 1.42. The molecule has 0 spiro atoms. The number of hydrogen-bond donors (Lipinski definition) is 0. The van der Waals surface area contributed by atoms with Crippen LogP contribution < -0.4 is 0 Å². The third-order valence-electron chi connectivity index (χ3n) is 2.24. The molecule has 0 aliphatic rings. The van der Waals surface area contributed by atoms with E-state index in [0.29, 0.717) is 0 Å². The molecule has 0 saturated carbocycles. The van der Waals surface area contributed by atoms with Crippen molar-refractivity contribution >= 4 is 17.7 Å². The highest BCUT2D eigenvalue weighted by Gasteiger charge is 2.38. The van der Waals surface area contributed by atoms with E-state index < -0.39 is 23.4 Å². The number of nitrogens with zero attached hydrogens (tertiary/aromatic N) is 2. The predicted molar refractivity (Wildman–Crippen MR) is 74.0 cm³/mol. The Labute approximate surface area is 125 Å². The van der Waals surface area contributed by atoms with Crippen LogP contribution >= 0.6 is 11.8 Å². The summed E-state index contributed by atoms with van der Waals surface area (Å²) in [5.41, 5.74) is -1.91. The van der Waals surface area contributed by atoms with E-state index in [1.54, 1.807) is 0 Å². The highest BCUT2D eigenvalue weighted by molar-refractivity contribution is 7.99. The van der Waals surface area contributed by atoms with Crippen LogP contribution in [0.15, 0.2) is 6.20 Å². The zero-order valence-electron chi connectivity index (χ0n) is 12.2. The van der Waals surface area contributed by atoms with E-state index >= 15 is 0 Å². The van der Waals surface area contributed by atoms with Crippen LogP contribution in [0.25, 0.3) is 0 Å².